The molecule has 4 saturated carbocycles. The molecule has 1 heterocycles. The molecule has 0 spiro atoms. The van der Waals surface area contributed by atoms with Gasteiger partial charge in [0.2, 0.25) is 0 Å². The average Bonchev–Trinajstić information content (AvgIpc) is 3.58. The van der Waals surface area contributed by atoms with Crippen molar-refractivity contribution in [2.75, 3.05) is 46.1 Å². The van der Waals surface area contributed by atoms with E-state index in [-0.39, 0.29) is 23.0 Å². The Balaban J connectivity index is 1.01. The Labute approximate surface area is 338 Å². The molecule has 8 rings (SSSR count). The number of esters is 1. The van der Waals surface area contributed by atoms with Crippen molar-refractivity contribution in [2.24, 2.45) is 56.7 Å². The van der Waals surface area contributed by atoms with Crippen molar-refractivity contribution in [3.05, 3.63) is 71.3 Å². The van der Waals surface area contributed by atoms with E-state index in [1.807, 2.05) is 30.3 Å². The van der Waals surface area contributed by atoms with E-state index in [0.717, 1.165) is 63.7 Å². The van der Waals surface area contributed by atoms with Gasteiger partial charge in [-0.05, 0) is 152 Å². The highest BCUT2D eigenvalue weighted by Gasteiger charge is 2.70. The minimum absolute atomic E-state index is 0.0179. The first-order chi connectivity index (χ1) is 26.7. The summed E-state index contributed by atoms with van der Waals surface area (Å²) >= 11 is 0. The Morgan fingerprint density at radius 3 is 2.38 bits per heavy atom. The Kier molecular flexibility index (Phi) is 10.9. The van der Waals surface area contributed by atoms with Crippen LogP contribution in [0.15, 0.2) is 65.8 Å². The number of nitrogens with zero attached hydrogens (tertiary/aromatic N) is 1. The zero-order chi connectivity index (χ0) is 39.6. The monoisotopic (exact) mass is 769 g/mol. The van der Waals surface area contributed by atoms with Crippen LogP contribution in [-0.4, -0.2) is 62.5 Å². The fourth-order valence-corrected chi connectivity index (χ4v) is 15.3. The first-order valence-corrected chi connectivity index (χ1v) is 22.6. The minimum atomic E-state index is -1.08. The Bertz CT molecular complexity index is 1700. The van der Waals surface area contributed by atoms with Crippen molar-refractivity contribution in [2.45, 2.75) is 131 Å². The lowest BCUT2D eigenvalue weighted by atomic mass is 9.33. The molecule has 10 atom stereocenters. The van der Waals surface area contributed by atoms with Gasteiger partial charge in [-0.15, -0.1) is 0 Å². The van der Waals surface area contributed by atoms with Crippen molar-refractivity contribution in [3.8, 4) is 0 Å². The van der Waals surface area contributed by atoms with Crippen LogP contribution in [0.2, 0.25) is 0 Å². The Morgan fingerprint density at radius 2 is 1.68 bits per heavy atom. The van der Waals surface area contributed by atoms with Gasteiger partial charge in [0.15, 0.2) is 0 Å². The second kappa shape index (κ2) is 15.1. The summed E-state index contributed by atoms with van der Waals surface area (Å²) in [6.07, 6.45) is 18.1. The van der Waals surface area contributed by atoms with Gasteiger partial charge in [-0.3, -0.25) is 9.69 Å². The van der Waals surface area contributed by atoms with Crippen LogP contribution < -0.4 is 5.32 Å². The second-order valence-corrected chi connectivity index (χ2v) is 21.2. The summed E-state index contributed by atoms with van der Waals surface area (Å²) in [5.74, 6) is 2.91. The number of carbonyl (C=O) groups excluding carboxylic acids is 1. The minimum Gasteiger partial charge on any atom is -0.460 e. The number of ether oxygens (including phenoxy) is 2. The Hall–Kier alpha value is -2.28. The van der Waals surface area contributed by atoms with Crippen LogP contribution in [0.25, 0.3) is 0 Å². The molecule has 0 aromatic heterocycles. The van der Waals surface area contributed by atoms with E-state index in [0.29, 0.717) is 47.3 Å². The summed E-state index contributed by atoms with van der Waals surface area (Å²) in [5.41, 5.74) is 5.19. The third kappa shape index (κ3) is 6.44. The van der Waals surface area contributed by atoms with E-state index < -0.39 is 18.1 Å². The number of fused-ring (bicyclic) bond motifs is 7. The fraction of sp³-hybridized carbons (Fsp3) is 0.740. The van der Waals surface area contributed by atoms with Crippen molar-refractivity contribution in [3.63, 3.8) is 0 Å². The molecule has 1 N–H and O–H groups in total. The molecule has 1 saturated heterocycles. The van der Waals surface area contributed by atoms with Crippen LogP contribution in [0, 0.1) is 56.7 Å². The highest BCUT2D eigenvalue weighted by atomic mass is 19.1. The van der Waals surface area contributed by atoms with Crippen LogP contribution >= 0.6 is 0 Å². The van der Waals surface area contributed by atoms with Gasteiger partial charge in [0.25, 0.3) is 0 Å². The van der Waals surface area contributed by atoms with Crippen LogP contribution in [0.3, 0.4) is 0 Å². The lowest BCUT2D eigenvalue weighted by Crippen LogP contribution is -2.68. The molecule has 6 heteroatoms. The lowest BCUT2D eigenvalue weighted by Gasteiger charge is -2.72. The number of hydrogen-bond acceptors (Lipinski definition) is 5. The third-order valence-corrected chi connectivity index (χ3v) is 18.5. The normalized spacial score (nSPS) is 41.9. The highest BCUT2D eigenvalue weighted by Crippen LogP contribution is 2.76. The number of benzene rings is 1. The molecule has 5 fully saturated rings. The maximum absolute atomic E-state index is 14.8. The summed E-state index contributed by atoms with van der Waals surface area (Å²) in [7, 11) is 0. The van der Waals surface area contributed by atoms with E-state index >= 15 is 0 Å². The average molecular weight is 769 g/mol. The number of hydrogen-bond donors (Lipinski definition) is 1. The summed E-state index contributed by atoms with van der Waals surface area (Å²) in [4.78, 5) is 16.0. The summed E-state index contributed by atoms with van der Waals surface area (Å²) in [5, 5.41) is 4.31. The quantitative estimate of drug-likeness (QED) is 0.190. The maximum atomic E-state index is 14.8. The number of morpholine rings is 1. The van der Waals surface area contributed by atoms with Crippen molar-refractivity contribution in [1.82, 2.24) is 10.2 Å². The number of carbonyl (C=O) groups is 1. The fourth-order valence-electron chi connectivity index (χ4n) is 15.3. The van der Waals surface area contributed by atoms with Gasteiger partial charge >= 0.3 is 5.97 Å². The molecule has 308 valence electrons. The van der Waals surface area contributed by atoms with E-state index in [4.69, 9.17) is 9.47 Å². The Morgan fingerprint density at radius 1 is 0.911 bits per heavy atom. The molecule has 0 bridgehead atoms. The smallest absolute Gasteiger partial charge is 0.315 e. The first kappa shape index (κ1) is 40.5. The molecule has 0 radical (unpaired) electrons. The van der Waals surface area contributed by atoms with E-state index in [1.165, 1.54) is 68.1 Å². The molecule has 2 unspecified atom stereocenters. The van der Waals surface area contributed by atoms with Crippen molar-refractivity contribution >= 4 is 5.97 Å². The van der Waals surface area contributed by atoms with Gasteiger partial charge in [-0.25, -0.2) is 4.39 Å². The van der Waals surface area contributed by atoms with Gasteiger partial charge in [0, 0.05) is 31.7 Å². The van der Waals surface area contributed by atoms with E-state index in [1.54, 1.807) is 0 Å². The van der Waals surface area contributed by atoms with Gasteiger partial charge in [0.05, 0.1) is 18.6 Å². The molecule has 5 nitrogen and oxygen atoms in total. The lowest BCUT2D eigenvalue weighted by molar-refractivity contribution is -0.221. The van der Waals surface area contributed by atoms with Gasteiger partial charge in [-0.2, -0.15) is 0 Å². The van der Waals surface area contributed by atoms with Crippen LogP contribution in [0.4, 0.5) is 4.39 Å². The third-order valence-electron chi connectivity index (χ3n) is 18.5. The SMILES string of the molecule is C=C(C)[C@@H]1CC[C@]2(NCCN3CCOCC3)CC[C@]3(C)[C@H](CCC4[C@@]5(C)CC=C(C6=CC[C@](CF)(C(=O)OCc7ccccc7)CC6)C(C)(C)[C@@H]5CC[C@]43C)C12. The summed E-state index contributed by atoms with van der Waals surface area (Å²) in [6, 6.07) is 9.72. The van der Waals surface area contributed by atoms with Crippen LogP contribution in [-0.2, 0) is 20.9 Å². The molecule has 7 aliphatic rings. The van der Waals surface area contributed by atoms with Gasteiger partial charge < -0.3 is 14.8 Å². The molecule has 56 heavy (non-hydrogen) atoms. The first-order valence-electron chi connectivity index (χ1n) is 22.6. The number of alkyl halides is 1. The molecule has 1 aromatic carbocycles. The molecule has 6 aliphatic carbocycles. The van der Waals surface area contributed by atoms with Crippen LogP contribution in [0.5, 0.6) is 0 Å². The predicted octanol–water partition coefficient (Wildman–Crippen LogP) is 10.7. The molecule has 1 aliphatic heterocycles. The molecular formula is C50H73FN2O3. The van der Waals surface area contributed by atoms with Crippen molar-refractivity contribution in [1.29, 1.82) is 0 Å². The largest absolute Gasteiger partial charge is 0.460 e. The van der Waals surface area contributed by atoms with E-state index in [9.17, 15) is 9.18 Å². The van der Waals surface area contributed by atoms with Gasteiger partial charge in [0.1, 0.15) is 13.3 Å². The van der Waals surface area contributed by atoms with Gasteiger partial charge in [-0.1, -0.05) is 89.3 Å². The van der Waals surface area contributed by atoms with Crippen LogP contribution in [0.1, 0.15) is 124 Å². The number of halogens is 1. The number of allylic oxidation sites excluding steroid dienone is 5. The number of nitrogens with one attached hydrogen (secondary N) is 1. The summed E-state index contributed by atoms with van der Waals surface area (Å²) < 4.78 is 26.1. The molecular weight excluding hydrogens is 696 g/mol. The molecule has 0 amide bonds. The van der Waals surface area contributed by atoms with Crippen molar-refractivity contribution < 1.29 is 18.7 Å². The predicted molar refractivity (Wildman–Crippen MR) is 225 cm³/mol. The maximum Gasteiger partial charge on any atom is 0.315 e. The topological polar surface area (TPSA) is 50.8 Å². The second-order valence-electron chi connectivity index (χ2n) is 21.2. The summed E-state index contributed by atoms with van der Waals surface area (Å²) in [6.45, 7) is 25.7. The molecule has 1 aromatic rings. The van der Waals surface area contributed by atoms with E-state index in [2.05, 4.69) is 70.5 Å². The highest BCUT2D eigenvalue weighted by molar-refractivity contribution is 5.78. The zero-order valence-corrected chi connectivity index (χ0v) is 35.8. The standard InChI is InChI=1S/C50H73FN2O3/c1-35(2)38-17-24-50(52-27-28-53-29-31-55-32-30-53)26-25-47(6)40(43(38)50)13-14-42-46(5)20-18-39(45(3,4)41(46)19-21-48(42,47)7)37-15-22-49(34-51,23-16-37)44(54)56-33-36-11-9-8-10-12-36/h8-12,15,18,38,40-43,52H,1,13-14,16-17,19-34H2,2-7H3/t38-,40+,41-,42?,43?,46-,47+,48+,49-,50-/m0/s1. The zero-order valence-electron chi connectivity index (χ0n) is 35.8. The number of rotatable bonds is 10.